The Kier molecular flexibility index (Phi) is 3.77. The lowest BCUT2D eigenvalue weighted by atomic mass is 10.2. The Hall–Kier alpha value is -0.250. The monoisotopic (exact) mass is 321 g/mol. The average molecular weight is 323 g/mol. The molecule has 1 aromatic rings. The third-order valence-corrected chi connectivity index (χ3v) is 4.25. The minimum Gasteiger partial charge on any atom is -0.337 e. The van der Waals surface area contributed by atoms with Gasteiger partial charge in [0.15, 0.2) is 0 Å². The maximum atomic E-state index is 12.1. The minimum absolute atomic E-state index is 0.0468. The fourth-order valence-corrected chi connectivity index (χ4v) is 2.58. The second-order valence-corrected chi connectivity index (χ2v) is 5.59. The Bertz CT molecular complexity index is 424. The Morgan fingerprint density at radius 1 is 1.50 bits per heavy atom. The number of amides is 1. The molecule has 1 fully saturated rings. The molecule has 0 bridgehead atoms. The van der Waals surface area contributed by atoms with Crippen LogP contribution in [0.5, 0.6) is 0 Å². The molecule has 0 saturated carbocycles. The first-order valence-corrected chi connectivity index (χ1v) is 6.57. The van der Waals surface area contributed by atoms with Crippen LogP contribution in [-0.2, 0) is 0 Å². The van der Waals surface area contributed by atoms with Crippen molar-refractivity contribution in [2.45, 2.75) is 11.8 Å². The van der Waals surface area contributed by atoms with Crippen molar-refractivity contribution in [1.82, 2.24) is 4.90 Å². The Morgan fingerprint density at radius 3 is 2.88 bits per heavy atom. The Morgan fingerprint density at radius 2 is 2.25 bits per heavy atom. The summed E-state index contributed by atoms with van der Waals surface area (Å²) in [6.45, 7) is 1.30. The van der Waals surface area contributed by atoms with Crippen molar-refractivity contribution < 1.29 is 4.79 Å². The summed E-state index contributed by atoms with van der Waals surface area (Å²) in [7, 11) is 0. The molecular formula is C11H10BrCl2NO. The van der Waals surface area contributed by atoms with Gasteiger partial charge in [-0.2, -0.15) is 0 Å². The van der Waals surface area contributed by atoms with Gasteiger partial charge >= 0.3 is 0 Å². The lowest BCUT2D eigenvalue weighted by Gasteiger charge is -2.16. The van der Waals surface area contributed by atoms with Crippen LogP contribution in [0.25, 0.3) is 0 Å². The lowest BCUT2D eigenvalue weighted by molar-refractivity contribution is 0.0793. The van der Waals surface area contributed by atoms with E-state index in [-0.39, 0.29) is 11.3 Å². The van der Waals surface area contributed by atoms with Gasteiger partial charge in [-0.1, -0.05) is 17.7 Å². The number of alkyl halides is 1. The number of rotatable bonds is 1. The van der Waals surface area contributed by atoms with Gasteiger partial charge in [-0.3, -0.25) is 4.79 Å². The van der Waals surface area contributed by atoms with Crippen LogP contribution in [0.3, 0.4) is 0 Å². The summed E-state index contributed by atoms with van der Waals surface area (Å²) in [6.07, 6.45) is 0.846. The number of carbonyl (C=O) groups is 1. The number of benzene rings is 1. The van der Waals surface area contributed by atoms with Gasteiger partial charge in [-0.05, 0) is 34.5 Å². The van der Waals surface area contributed by atoms with E-state index in [0.29, 0.717) is 23.7 Å². The third-order valence-electron chi connectivity index (χ3n) is 2.60. The minimum atomic E-state index is -0.0468. The summed E-state index contributed by atoms with van der Waals surface area (Å²) in [4.78, 5) is 13.9. The van der Waals surface area contributed by atoms with Gasteiger partial charge in [0.1, 0.15) is 0 Å². The highest BCUT2D eigenvalue weighted by molar-refractivity contribution is 9.10. The molecule has 2 nitrogen and oxygen atoms in total. The van der Waals surface area contributed by atoms with E-state index in [9.17, 15) is 4.79 Å². The summed E-state index contributed by atoms with van der Waals surface area (Å²) >= 11 is 15.4. The van der Waals surface area contributed by atoms with Gasteiger partial charge < -0.3 is 4.90 Å². The van der Waals surface area contributed by atoms with E-state index in [0.717, 1.165) is 10.9 Å². The van der Waals surface area contributed by atoms with Gasteiger partial charge in [0.2, 0.25) is 0 Å². The topological polar surface area (TPSA) is 20.3 Å². The van der Waals surface area contributed by atoms with Crippen LogP contribution in [0.15, 0.2) is 22.7 Å². The van der Waals surface area contributed by atoms with Crippen LogP contribution in [0.1, 0.15) is 16.8 Å². The molecule has 1 heterocycles. The summed E-state index contributed by atoms with van der Waals surface area (Å²) in [5.41, 5.74) is 0.529. The summed E-state index contributed by atoms with van der Waals surface area (Å²) < 4.78 is 0.738. The molecule has 1 amide bonds. The number of likely N-dealkylation sites (tertiary alicyclic amines) is 1. The molecule has 16 heavy (non-hydrogen) atoms. The predicted molar refractivity (Wildman–Crippen MR) is 69.3 cm³/mol. The zero-order valence-corrected chi connectivity index (χ0v) is 11.5. The van der Waals surface area contributed by atoms with Crippen LogP contribution in [0.4, 0.5) is 0 Å². The molecule has 1 saturated heterocycles. The number of nitrogens with zero attached hydrogens (tertiary/aromatic N) is 1. The van der Waals surface area contributed by atoms with Crippen LogP contribution < -0.4 is 0 Å². The largest absolute Gasteiger partial charge is 0.337 e. The van der Waals surface area contributed by atoms with Crippen molar-refractivity contribution in [2.75, 3.05) is 13.1 Å². The van der Waals surface area contributed by atoms with Gasteiger partial charge in [-0.25, -0.2) is 0 Å². The van der Waals surface area contributed by atoms with E-state index in [1.807, 2.05) is 6.07 Å². The van der Waals surface area contributed by atoms with E-state index in [2.05, 4.69) is 15.9 Å². The maximum Gasteiger partial charge on any atom is 0.255 e. The molecule has 1 unspecified atom stereocenters. The molecule has 1 aromatic carbocycles. The zero-order chi connectivity index (χ0) is 11.7. The van der Waals surface area contributed by atoms with E-state index in [1.165, 1.54) is 0 Å². The molecule has 0 N–H and O–H groups in total. The van der Waals surface area contributed by atoms with Gasteiger partial charge in [0, 0.05) is 17.6 Å². The van der Waals surface area contributed by atoms with E-state index in [1.54, 1.807) is 17.0 Å². The first-order chi connectivity index (χ1) is 7.59. The number of hydrogen-bond acceptors (Lipinski definition) is 1. The van der Waals surface area contributed by atoms with Crippen LogP contribution in [0, 0.1) is 0 Å². The van der Waals surface area contributed by atoms with Crippen LogP contribution in [0.2, 0.25) is 5.02 Å². The molecule has 1 aliphatic heterocycles. The SMILES string of the molecule is O=C(c1cccc(Br)c1Cl)N1CCC(Cl)C1. The van der Waals surface area contributed by atoms with Crippen molar-refractivity contribution in [3.8, 4) is 0 Å². The second kappa shape index (κ2) is 4.94. The molecule has 2 rings (SSSR count). The third kappa shape index (κ3) is 2.36. The molecule has 5 heteroatoms. The van der Waals surface area contributed by atoms with Crippen LogP contribution >= 0.6 is 39.1 Å². The van der Waals surface area contributed by atoms with Crippen LogP contribution in [-0.4, -0.2) is 29.3 Å². The standard InChI is InChI=1S/C11H10BrCl2NO/c12-9-3-1-2-8(10(9)14)11(16)15-5-4-7(13)6-15/h1-3,7H,4-6H2. The quantitative estimate of drug-likeness (QED) is 0.724. The fourth-order valence-electron chi connectivity index (χ4n) is 1.74. The average Bonchev–Trinajstić information content (AvgIpc) is 2.68. The van der Waals surface area contributed by atoms with Crippen molar-refractivity contribution >= 4 is 45.0 Å². The van der Waals surface area contributed by atoms with Crippen molar-refractivity contribution in [1.29, 1.82) is 0 Å². The van der Waals surface area contributed by atoms with E-state index >= 15 is 0 Å². The van der Waals surface area contributed by atoms with Gasteiger partial charge in [-0.15, -0.1) is 11.6 Å². The smallest absolute Gasteiger partial charge is 0.255 e. The first-order valence-electron chi connectivity index (χ1n) is 4.97. The molecule has 1 atom stereocenters. The van der Waals surface area contributed by atoms with Gasteiger partial charge in [0.05, 0.1) is 16.0 Å². The van der Waals surface area contributed by atoms with Gasteiger partial charge in [0.25, 0.3) is 5.91 Å². The van der Waals surface area contributed by atoms with Crippen molar-refractivity contribution in [2.24, 2.45) is 0 Å². The van der Waals surface area contributed by atoms with Crippen molar-refractivity contribution in [3.63, 3.8) is 0 Å². The summed E-state index contributed by atoms with van der Waals surface area (Å²) in [5.74, 6) is -0.0468. The highest BCUT2D eigenvalue weighted by atomic mass is 79.9. The normalized spacial score (nSPS) is 20.2. The molecule has 0 aliphatic carbocycles. The predicted octanol–water partition coefficient (Wildman–Crippen LogP) is 3.56. The number of carbonyl (C=O) groups excluding carboxylic acids is 1. The molecule has 0 radical (unpaired) electrons. The first kappa shape index (κ1) is 12.2. The number of hydrogen-bond donors (Lipinski definition) is 0. The molecule has 0 aromatic heterocycles. The molecule has 86 valence electrons. The maximum absolute atomic E-state index is 12.1. The van der Waals surface area contributed by atoms with E-state index in [4.69, 9.17) is 23.2 Å². The number of halogens is 3. The Balaban J connectivity index is 2.24. The molecule has 1 aliphatic rings. The lowest BCUT2D eigenvalue weighted by Crippen LogP contribution is -2.29. The van der Waals surface area contributed by atoms with E-state index < -0.39 is 0 Å². The molecular weight excluding hydrogens is 313 g/mol. The summed E-state index contributed by atoms with van der Waals surface area (Å²) in [5, 5.41) is 0.528. The highest BCUT2D eigenvalue weighted by Crippen LogP contribution is 2.28. The summed E-state index contributed by atoms with van der Waals surface area (Å²) in [6, 6.07) is 5.35. The fraction of sp³-hybridized carbons (Fsp3) is 0.364. The van der Waals surface area contributed by atoms with Crippen molar-refractivity contribution in [3.05, 3.63) is 33.3 Å². The Labute approximate surface area is 113 Å². The highest BCUT2D eigenvalue weighted by Gasteiger charge is 2.26. The second-order valence-electron chi connectivity index (χ2n) is 3.74. The molecule has 0 spiro atoms. The zero-order valence-electron chi connectivity index (χ0n) is 8.42.